The predicted octanol–water partition coefficient (Wildman–Crippen LogP) is 2.59. The molecule has 1 saturated carbocycles. The van der Waals surface area contributed by atoms with Crippen LogP contribution in [0.1, 0.15) is 19.3 Å². The zero-order valence-electron chi connectivity index (χ0n) is 8.00. The van der Waals surface area contributed by atoms with Gasteiger partial charge in [-0.15, -0.1) is 0 Å². The smallest absolute Gasteiger partial charge is 0.142 e. The highest BCUT2D eigenvalue weighted by Gasteiger charge is 2.18. The highest BCUT2D eigenvalue weighted by atomic mass is 19.1. The maximum atomic E-state index is 12.7. The summed E-state index contributed by atoms with van der Waals surface area (Å²) in [5.74, 6) is 0.941. The van der Waals surface area contributed by atoms with E-state index in [1.807, 2.05) is 0 Å². The van der Waals surface area contributed by atoms with Crippen LogP contribution < -0.4 is 10.5 Å². The standard InChI is InChI=1S/C11H14FNO/c12-9-4-5-11(10(13)6-9)14-7-8-2-1-3-8/h4-6,8H,1-3,7,13H2. The zero-order valence-corrected chi connectivity index (χ0v) is 8.00. The van der Waals surface area contributed by atoms with Gasteiger partial charge in [0.15, 0.2) is 0 Å². The van der Waals surface area contributed by atoms with Gasteiger partial charge in [-0.25, -0.2) is 4.39 Å². The Balaban J connectivity index is 1.94. The van der Waals surface area contributed by atoms with Crippen LogP contribution in [0.25, 0.3) is 0 Å². The van der Waals surface area contributed by atoms with Gasteiger partial charge in [-0.05, 0) is 30.9 Å². The molecule has 76 valence electrons. The third kappa shape index (κ3) is 1.97. The quantitative estimate of drug-likeness (QED) is 0.752. The lowest BCUT2D eigenvalue weighted by Gasteiger charge is -2.25. The second-order valence-corrected chi connectivity index (χ2v) is 3.79. The molecule has 2 nitrogen and oxygen atoms in total. The van der Waals surface area contributed by atoms with E-state index in [-0.39, 0.29) is 5.82 Å². The van der Waals surface area contributed by atoms with Crippen molar-refractivity contribution in [3.05, 3.63) is 24.0 Å². The Labute approximate surface area is 82.9 Å². The molecule has 1 aliphatic rings. The molecular formula is C11H14FNO. The van der Waals surface area contributed by atoms with E-state index in [1.165, 1.54) is 31.4 Å². The van der Waals surface area contributed by atoms with Crippen molar-refractivity contribution in [3.63, 3.8) is 0 Å². The molecule has 0 radical (unpaired) electrons. The number of nitrogens with two attached hydrogens (primary N) is 1. The van der Waals surface area contributed by atoms with Gasteiger partial charge in [-0.3, -0.25) is 0 Å². The number of hydrogen-bond donors (Lipinski definition) is 1. The lowest BCUT2D eigenvalue weighted by molar-refractivity contribution is 0.181. The van der Waals surface area contributed by atoms with E-state index in [0.717, 1.165) is 0 Å². The summed E-state index contributed by atoms with van der Waals surface area (Å²) in [6, 6.07) is 4.24. The van der Waals surface area contributed by atoms with E-state index in [4.69, 9.17) is 10.5 Å². The lowest BCUT2D eigenvalue weighted by atomic mass is 9.86. The van der Waals surface area contributed by atoms with Crippen LogP contribution in [0.15, 0.2) is 18.2 Å². The van der Waals surface area contributed by atoms with Crippen LogP contribution in [0.3, 0.4) is 0 Å². The highest BCUT2D eigenvalue weighted by molar-refractivity contribution is 5.52. The minimum atomic E-state index is -0.321. The van der Waals surface area contributed by atoms with Crippen molar-refractivity contribution in [3.8, 4) is 5.75 Å². The number of anilines is 1. The summed E-state index contributed by atoms with van der Waals surface area (Å²) < 4.78 is 18.2. The second-order valence-electron chi connectivity index (χ2n) is 3.79. The summed E-state index contributed by atoms with van der Waals surface area (Å²) in [6.45, 7) is 0.704. The first-order chi connectivity index (χ1) is 6.75. The van der Waals surface area contributed by atoms with Crippen molar-refractivity contribution in [2.75, 3.05) is 12.3 Å². The molecule has 0 unspecified atom stereocenters. The summed E-state index contributed by atoms with van der Waals surface area (Å²) in [7, 11) is 0. The summed E-state index contributed by atoms with van der Waals surface area (Å²) in [5.41, 5.74) is 5.98. The monoisotopic (exact) mass is 195 g/mol. The molecule has 0 spiro atoms. The first-order valence-corrected chi connectivity index (χ1v) is 4.93. The fraction of sp³-hybridized carbons (Fsp3) is 0.455. The van der Waals surface area contributed by atoms with Gasteiger partial charge < -0.3 is 10.5 Å². The van der Waals surface area contributed by atoms with Crippen LogP contribution in [0.2, 0.25) is 0 Å². The molecule has 3 heteroatoms. The number of ether oxygens (including phenoxy) is 1. The SMILES string of the molecule is Nc1cc(F)ccc1OCC1CCC1. The van der Waals surface area contributed by atoms with Crippen LogP contribution in [0, 0.1) is 11.7 Å². The molecule has 0 heterocycles. The largest absolute Gasteiger partial charge is 0.491 e. The molecule has 0 aromatic heterocycles. The van der Waals surface area contributed by atoms with Crippen molar-refractivity contribution < 1.29 is 9.13 Å². The topological polar surface area (TPSA) is 35.2 Å². The Morgan fingerprint density at radius 1 is 1.43 bits per heavy atom. The van der Waals surface area contributed by atoms with E-state index >= 15 is 0 Å². The van der Waals surface area contributed by atoms with Crippen LogP contribution in [-0.4, -0.2) is 6.61 Å². The molecule has 0 bridgehead atoms. The Morgan fingerprint density at radius 3 is 2.79 bits per heavy atom. The van der Waals surface area contributed by atoms with Crippen molar-refractivity contribution in [1.82, 2.24) is 0 Å². The fourth-order valence-electron chi connectivity index (χ4n) is 1.52. The van der Waals surface area contributed by atoms with Crippen molar-refractivity contribution in [2.24, 2.45) is 5.92 Å². The Morgan fingerprint density at radius 2 is 2.21 bits per heavy atom. The van der Waals surface area contributed by atoms with Gasteiger partial charge in [0.25, 0.3) is 0 Å². The van der Waals surface area contributed by atoms with Gasteiger partial charge in [-0.2, -0.15) is 0 Å². The molecule has 1 fully saturated rings. The number of benzene rings is 1. The summed E-state index contributed by atoms with van der Waals surface area (Å²) >= 11 is 0. The summed E-state index contributed by atoms with van der Waals surface area (Å²) in [5, 5.41) is 0. The Bertz CT molecular complexity index is 323. The van der Waals surface area contributed by atoms with E-state index in [1.54, 1.807) is 6.07 Å². The summed E-state index contributed by atoms with van der Waals surface area (Å²) in [6.07, 6.45) is 3.77. The minimum Gasteiger partial charge on any atom is -0.491 e. The molecule has 1 aromatic carbocycles. The molecule has 0 aliphatic heterocycles. The van der Waals surface area contributed by atoms with Crippen LogP contribution in [0.5, 0.6) is 5.75 Å². The average molecular weight is 195 g/mol. The fourth-order valence-corrected chi connectivity index (χ4v) is 1.52. The van der Waals surface area contributed by atoms with Gasteiger partial charge in [0, 0.05) is 6.07 Å². The maximum Gasteiger partial charge on any atom is 0.142 e. The first-order valence-electron chi connectivity index (χ1n) is 4.93. The lowest BCUT2D eigenvalue weighted by Crippen LogP contribution is -2.19. The third-order valence-corrected chi connectivity index (χ3v) is 2.67. The van der Waals surface area contributed by atoms with Crippen molar-refractivity contribution in [1.29, 1.82) is 0 Å². The Kier molecular flexibility index (Phi) is 2.57. The molecule has 0 amide bonds. The molecule has 1 aliphatic carbocycles. The number of rotatable bonds is 3. The van der Waals surface area contributed by atoms with E-state index < -0.39 is 0 Å². The zero-order chi connectivity index (χ0) is 9.97. The highest BCUT2D eigenvalue weighted by Crippen LogP contribution is 2.28. The first kappa shape index (κ1) is 9.31. The Hall–Kier alpha value is -1.25. The molecule has 2 rings (SSSR count). The predicted molar refractivity (Wildman–Crippen MR) is 53.6 cm³/mol. The van der Waals surface area contributed by atoms with E-state index in [9.17, 15) is 4.39 Å². The number of halogens is 1. The normalized spacial score (nSPS) is 16.4. The van der Waals surface area contributed by atoms with Crippen LogP contribution in [0.4, 0.5) is 10.1 Å². The van der Waals surface area contributed by atoms with Gasteiger partial charge in [0.05, 0.1) is 12.3 Å². The van der Waals surface area contributed by atoms with Crippen molar-refractivity contribution in [2.45, 2.75) is 19.3 Å². The maximum absolute atomic E-state index is 12.7. The molecule has 2 N–H and O–H groups in total. The third-order valence-electron chi connectivity index (χ3n) is 2.67. The van der Waals surface area contributed by atoms with Gasteiger partial charge in [0.2, 0.25) is 0 Å². The van der Waals surface area contributed by atoms with Crippen molar-refractivity contribution >= 4 is 5.69 Å². The molecule has 1 aromatic rings. The van der Waals surface area contributed by atoms with Gasteiger partial charge in [0.1, 0.15) is 11.6 Å². The molecule has 14 heavy (non-hydrogen) atoms. The molecule has 0 atom stereocenters. The molecular weight excluding hydrogens is 181 g/mol. The molecule has 0 saturated heterocycles. The van der Waals surface area contributed by atoms with Crippen LogP contribution >= 0.6 is 0 Å². The average Bonchev–Trinajstić information content (AvgIpc) is 2.05. The van der Waals surface area contributed by atoms with Gasteiger partial charge in [-0.1, -0.05) is 6.42 Å². The minimum absolute atomic E-state index is 0.321. The second kappa shape index (κ2) is 3.86. The number of nitrogen functional groups attached to an aromatic ring is 1. The number of hydrogen-bond acceptors (Lipinski definition) is 2. The summed E-state index contributed by atoms with van der Waals surface area (Å²) in [4.78, 5) is 0. The van der Waals surface area contributed by atoms with E-state index in [0.29, 0.717) is 24.0 Å². The van der Waals surface area contributed by atoms with Gasteiger partial charge >= 0.3 is 0 Å². The van der Waals surface area contributed by atoms with Crippen LogP contribution in [-0.2, 0) is 0 Å². The van der Waals surface area contributed by atoms with E-state index in [2.05, 4.69) is 0 Å².